The van der Waals surface area contributed by atoms with Crippen molar-refractivity contribution in [1.29, 1.82) is 0 Å². The van der Waals surface area contributed by atoms with Crippen molar-refractivity contribution < 1.29 is 23.0 Å². The first-order valence-corrected chi connectivity index (χ1v) is 5.22. The topological polar surface area (TPSA) is 41.5 Å². The van der Waals surface area contributed by atoms with Crippen LogP contribution in [0.25, 0.3) is 0 Å². The van der Waals surface area contributed by atoms with Gasteiger partial charge >= 0.3 is 6.36 Å². The van der Waals surface area contributed by atoms with Crippen molar-refractivity contribution in [2.75, 3.05) is 19.8 Å². The Bertz CT molecular complexity index is 189. The van der Waals surface area contributed by atoms with Crippen molar-refractivity contribution in [3.8, 4) is 0 Å². The van der Waals surface area contributed by atoms with Crippen molar-refractivity contribution >= 4 is 0 Å². The van der Waals surface area contributed by atoms with E-state index in [-0.39, 0.29) is 24.6 Å². The fourth-order valence-corrected chi connectivity index (χ4v) is 1.37. The second-order valence-electron chi connectivity index (χ2n) is 4.68. The summed E-state index contributed by atoms with van der Waals surface area (Å²) < 4.78 is 38.7. The number of nitrogens with one attached hydrogen (secondary N) is 1. The largest absolute Gasteiger partial charge is 0.522 e. The molecule has 0 aromatic carbocycles. The number of hydrogen-bond donors (Lipinski definition) is 2. The third-order valence-corrected chi connectivity index (χ3v) is 2.22. The summed E-state index contributed by atoms with van der Waals surface area (Å²) in [7, 11) is 0. The predicted octanol–water partition coefficient (Wildman–Crippen LogP) is 1.91. The lowest BCUT2D eigenvalue weighted by Gasteiger charge is -2.31. The maximum absolute atomic E-state index is 11.7. The zero-order chi connectivity index (χ0) is 12.8. The highest BCUT2D eigenvalue weighted by atomic mass is 19.4. The van der Waals surface area contributed by atoms with Crippen LogP contribution in [0.2, 0.25) is 0 Å². The lowest BCUT2D eigenvalue weighted by molar-refractivity contribution is -0.323. The van der Waals surface area contributed by atoms with Gasteiger partial charge in [-0.2, -0.15) is 0 Å². The van der Waals surface area contributed by atoms with Gasteiger partial charge in [0.1, 0.15) is 0 Å². The number of aliphatic hydroxyl groups is 1. The summed E-state index contributed by atoms with van der Waals surface area (Å²) >= 11 is 0. The summed E-state index contributed by atoms with van der Waals surface area (Å²) in [5, 5.41) is 11.8. The molecule has 0 aliphatic heterocycles. The highest BCUT2D eigenvalue weighted by molar-refractivity contribution is 4.79. The van der Waals surface area contributed by atoms with Crippen molar-refractivity contribution in [2.45, 2.75) is 39.6 Å². The lowest BCUT2D eigenvalue weighted by Crippen LogP contribution is -2.42. The summed E-state index contributed by atoms with van der Waals surface area (Å²) in [4.78, 5) is 0. The molecule has 0 radical (unpaired) electrons. The zero-order valence-corrected chi connectivity index (χ0v) is 9.90. The zero-order valence-electron chi connectivity index (χ0n) is 9.90. The Kier molecular flexibility index (Phi) is 6.28. The van der Waals surface area contributed by atoms with E-state index in [1.54, 1.807) is 0 Å². The third-order valence-electron chi connectivity index (χ3n) is 2.22. The van der Waals surface area contributed by atoms with Gasteiger partial charge in [0.2, 0.25) is 0 Å². The lowest BCUT2D eigenvalue weighted by atomic mass is 9.85. The Morgan fingerprint density at radius 1 is 1.25 bits per heavy atom. The summed E-state index contributed by atoms with van der Waals surface area (Å²) in [5.74, 6) is 0. The molecule has 0 amide bonds. The van der Waals surface area contributed by atoms with Crippen molar-refractivity contribution in [1.82, 2.24) is 5.32 Å². The number of halogens is 3. The summed E-state index contributed by atoms with van der Waals surface area (Å²) in [6, 6.07) is -0.0330. The molecule has 0 aromatic heterocycles. The second-order valence-corrected chi connectivity index (χ2v) is 4.68. The summed E-state index contributed by atoms with van der Waals surface area (Å²) in [5.41, 5.74) is -0.110. The normalized spacial score (nSPS) is 15.2. The molecule has 0 fully saturated rings. The van der Waals surface area contributed by atoms with E-state index in [0.717, 1.165) is 0 Å². The second kappa shape index (κ2) is 6.42. The van der Waals surface area contributed by atoms with Gasteiger partial charge in [-0.1, -0.05) is 20.8 Å². The van der Waals surface area contributed by atoms with Crippen LogP contribution in [0.3, 0.4) is 0 Å². The molecule has 6 heteroatoms. The van der Waals surface area contributed by atoms with Gasteiger partial charge in [0.15, 0.2) is 0 Å². The Labute approximate surface area is 94.0 Å². The van der Waals surface area contributed by atoms with Crippen LogP contribution in [0.4, 0.5) is 13.2 Å². The van der Waals surface area contributed by atoms with Gasteiger partial charge in [0.25, 0.3) is 0 Å². The van der Waals surface area contributed by atoms with Gasteiger partial charge in [0, 0.05) is 19.2 Å². The summed E-state index contributed by atoms with van der Waals surface area (Å²) in [6.07, 6.45) is -4.06. The average Bonchev–Trinajstić information content (AvgIpc) is 2.06. The minimum absolute atomic E-state index is 0.00899. The molecule has 1 unspecified atom stereocenters. The molecule has 0 aromatic rings. The quantitative estimate of drug-likeness (QED) is 0.700. The van der Waals surface area contributed by atoms with Crippen LogP contribution < -0.4 is 5.32 Å². The Morgan fingerprint density at radius 2 is 1.81 bits per heavy atom. The standard InChI is InChI=1S/C10H20F3NO2/c1-9(2,3)8(4-6-15)14-5-7-16-10(11,12)13/h8,14-15H,4-7H2,1-3H3. The van der Waals surface area contributed by atoms with Crippen LogP contribution in [0.15, 0.2) is 0 Å². The molecule has 0 bridgehead atoms. The van der Waals surface area contributed by atoms with Crippen LogP contribution in [-0.4, -0.2) is 37.3 Å². The fourth-order valence-electron chi connectivity index (χ4n) is 1.37. The fraction of sp³-hybridized carbons (Fsp3) is 1.00. The molecule has 0 saturated heterocycles. The molecule has 0 rings (SSSR count). The molecule has 0 heterocycles. The van der Waals surface area contributed by atoms with Crippen LogP contribution in [0.5, 0.6) is 0 Å². The van der Waals surface area contributed by atoms with Crippen LogP contribution in [0.1, 0.15) is 27.2 Å². The van der Waals surface area contributed by atoms with Crippen LogP contribution in [0, 0.1) is 5.41 Å². The van der Waals surface area contributed by atoms with Gasteiger partial charge in [0.05, 0.1) is 6.61 Å². The van der Waals surface area contributed by atoms with Gasteiger partial charge in [-0.25, -0.2) is 0 Å². The first-order valence-electron chi connectivity index (χ1n) is 5.22. The monoisotopic (exact) mass is 243 g/mol. The van der Waals surface area contributed by atoms with E-state index in [0.29, 0.717) is 6.42 Å². The van der Waals surface area contributed by atoms with E-state index in [2.05, 4.69) is 10.1 Å². The first-order chi connectivity index (χ1) is 7.17. The number of rotatable bonds is 6. The highest BCUT2D eigenvalue weighted by Gasteiger charge is 2.29. The van der Waals surface area contributed by atoms with E-state index in [1.165, 1.54) is 0 Å². The molecule has 0 aliphatic carbocycles. The van der Waals surface area contributed by atoms with Crippen LogP contribution in [-0.2, 0) is 4.74 Å². The van der Waals surface area contributed by atoms with E-state index in [9.17, 15) is 13.2 Å². The van der Waals surface area contributed by atoms with E-state index in [1.807, 2.05) is 20.8 Å². The highest BCUT2D eigenvalue weighted by Crippen LogP contribution is 2.21. The maximum atomic E-state index is 11.7. The average molecular weight is 243 g/mol. The molecule has 0 spiro atoms. The molecule has 0 saturated carbocycles. The smallest absolute Gasteiger partial charge is 0.396 e. The minimum Gasteiger partial charge on any atom is -0.396 e. The number of ether oxygens (including phenoxy) is 1. The number of alkyl halides is 3. The third kappa shape index (κ3) is 7.90. The number of aliphatic hydroxyl groups excluding tert-OH is 1. The van der Waals surface area contributed by atoms with Crippen molar-refractivity contribution in [3.05, 3.63) is 0 Å². The van der Waals surface area contributed by atoms with E-state index in [4.69, 9.17) is 5.11 Å². The molecule has 0 aliphatic rings. The summed E-state index contributed by atoms with van der Waals surface area (Å²) in [6.45, 7) is 5.60. The maximum Gasteiger partial charge on any atom is 0.522 e. The molecular weight excluding hydrogens is 223 g/mol. The Balaban J connectivity index is 3.86. The Morgan fingerprint density at radius 3 is 2.19 bits per heavy atom. The van der Waals surface area contributed by atoms with Crippen molar-refractivity contribution in [2.24, 2.45) is 5.41 Å². The number of hydrogen-bond acceptors (Lipinski definition) is 3. The Hall–Kier alpha value is -0.330. The predicted molar refractivity (Wildman–Crippen MR) is 55.0 cm³/mol. The molecule has 3 nitrogen and oxygen atoms in total. The van der Waals surface area contributed by atoms with Crippen molar-refractivity contribution in [3.63, 3.8) is 0 Å². The molecule has 1 atom stereocenters. The molecule has 2 N–H and O–H groups in total. The molecule has 98 valence electrons. The minimum atomic E-state index is -4.57. The van der Waals surface area contributed by atoms with E-state index >= 15 is 0 Å². The molecule has 16 heavy (non-hydrogen) atoms. The SMILES string of the molecule is CC(C)(C)C(CCO)NCCOC(F)(F)F. The van der Waals surface area contributed by atoms with E-state index < -0.39 is 13.0 Å². The van der Waals surface area contributed by atoms with Gasteiger partial charge in [-0.05, 0) is 11.8 Å². The van der Waals surface area contributed by atoms with Gasteiger partial charge < -0.3 is 10.4 Å². The van der Waals surface area contributed by atoms with Gasteiger partial charge in [-0.3, -0.25) is 4.74 Å². The van der Waals surface area contributed by atoms with Crippen LogP contribution >= 0.6 is 0 Å². The first kappa shape index (κ1) is 15.7. The molecular formula is C10H20F3NO2. The van der Waals surface area contributed by atoms with Gasteiger partial charge in [-0.15, -0.1) is 13.2 Å².